The van der Waals surface area contributed by atoms with Gasteiger partial charge in [0.15, 0.2) is 5.78 Å². The van der Waals surface area contributed by atoms with Crippen molar-refractivity contribution in [2.24, 2.45) is 5.92 Å². The van der Waals surface area contributed by atoms with Gasteiger partial charge >= 0.3 is 0 Å². The van der Waals surface area contributed by atoms with E-state index in [4.69, 9.17) is 4.74 Å². The van der Waals surface area contributed by atoms with Gasteiger partial charge in [0.05, 0.1) is 11.6 Å². The molecule has 0 bridgehead atoms. The van der Waals surface area contributed by atoms with Gasteiger partial charge in [-0.2, -0.15) is 5.26 Å². The summed E-state index contributed by atoms with van der Waals surface area (Å²) in [5, 5.41) is 9.35. The Kier molecular flexibility index (Phi) is 2.59. The predicted octanol–water partition coefficient (Wildman–Crippen LogP) is 3.10. The molecule has 0 aromatic heterocycles. The molecule has 0 saturated heterocycles. The minimum atomic E-state index is -0.646. The highest BCUT2D eigenvalue weighted by atomic mass is 16.5. The average molecular weight is 241 g/mol. The van der Waals surface area contributed by atoms with Crippen LogP contribution < -0.4 is 4.74 Å². The Hall–Kier alpha value is -1.82. The van der Waals surface area contributed by atoms with Gasteiger partial charge in [-0.05, 0) is 37.8 Å². The lowest BCUT2D eigenvalue weighted by Crippen LogP contribution is -2.51. The highest BCUT2D eigenvalue weighted by Crippen LogP contribution is 2.44. The minimum Gasteiger partial charge on any atom is -0.485 e. The summed E-state index contributed by atoms with van der Waals surface area (Å²) in [6.07, 6.45) is 4.86. The first-order valence-corrected chi connectivity index (χ1v) is 6.49. The number of ketones is 1. The van der Waals surface area contributed by atoms with Crippen LogP contribution in [-0.4, -0.2) is 11.4 Å². The van der Waals surface area contributed by atoms with Gasteiger partial charge < -0.3 is 4.74 Å². The van der Waals surface area contributed by atoms with E-state index in [1.165, 1.54) is 6.42 Å². The molecule has 3 heteroatoms. The molecule has 1 atom stereocenters. The van der Waals surface area contributed by atoms with Crippen LogP contribution in [0, 0.1) is 17.2 Å². The van der Waals surface area contributed by atoms with Crippen molar-refractivity contribution in [3.63, 3.8) is 0 Å². The Morgan fingerprint density at radius 1 is 1.22 bits per heavy atom. The second kappa shape index (κ2) is 4.13. The number of benzene rings is 1. The summed E-state index contributed by atoms with van der Waals surface area (Å²) in [7, 11) is 0. The quantitative estimate of drug-likeness (QED) is 0.701. The van der Waals surface area contributed by atoms with Crippen LogP contribution in [0.3, 0.4) is 0 Å². The zero-order valence-electron chi connectivity index (χ0n) is 10.2. The maximum atomic E-state index is 12.4. The summed E-state index contributed by atoms with van der Waals surface area (Å²) < 4.78 is 6.09. The summed E-state index contributed by atoms with van der Waals surface area (Å²) in [4.78, 5) is 12.4. The molecule has 1 aromatic rings. The Balaban J connectivity index is 2.08. The third-order valence-corrected chi connectivity index (χ3v) is 4.08. The molecule has 0 amide bonds. The van der Waals surface area contributed by atoms with Crippen molar-refractivity contribution in [2.45, 2.75) is 37.7 Å². The largest absolute Gasteiger partial charge is 0.485 e. The number of hydrogen-bond donors (Lipinski definition) is 0. The fourth-order valence-electron chi connectivity index (χ4n) is 3.15. The van der Waals surface area contributed by atoms with Crippen molar-refractivity contribution in [1.29, 1.82) is 5.26 Å². The number of fused-ring (bicyclic) bond motifs is 1. The van der Waals surface area contributed by atoms with E-state index in [-0.39, 0.29) is 5.78 Å². The van der Waals surface area contributed by atoms with E-state index >= 15 is 0 Å². The van der Waals surface area contributed by atoms with Crippen LogP contribution in [0.4, 0.5) is 0 Å². The molecule has 0 N–H and O–H groups in total. The van der Waals surface area contributed by atoms with Crippen LogP contribution in [0.5, 0.6) is 5.75 Å². The summed E-state index contributed by atoms with van der Waals surface area (Å²) in [5.41, 5.74) is -0.0152. The molecule has 1 heterocycles. The molecule has 2 aliphatic rings. The third kappa shape index (κ3) is 1.53. The van der Waals surface area contributed by atoms with E-state index in [0.29, 0.717) is 11.3 Å². The van der Waals surface area contributed by atoms with E-state index in [2.05, 4.69) is 6.07 Å². The topological polar surface area (TPSA) is 50.1 Å². The van der Waals surface area contributed by atoms with E-state index < -0.39 is 11.5 Å². The Labute approximate surface area is 106 Å². The predicted molar refractivity (Wildman–Crippen MR) is 66.3 cm³/mol. The monoisotopic (exact) mass is 241 g/mol. The number of carbonyl (C=O) groups excluding carboxylic acids is 1. The summed E-state index contributed by atoms with van der Waals surface area (Å²) in [5.74, 6) is -0.0650. The highest BCUT2D eigenvalue weighted by molar-refractivity contribution is 6.03. The molecule has 0 radical (unpaired) electrons. The lowest BCUT2D eigenvalue weighted by Gasteiger charge is -2.43. The number of hydrogen-bond acceptors (Lipinski definition) is 3. The summed E-state index contributed by atoms with van der Waals surface area (Å²) in [6.45, 7) is 0. The molecule has 1 aliphatic heterocycles. The molecule has 1 unspecified atom stereocenters. The summed E-state index contributed by atoms with van der Waals surface area (Å²) in [6, 6.07) is 9.44. The van der Waals surface area contributed by atoms with Crippen LogP contribution >= 0.6 is 0 Å². The number of ether oxygens (including phenoxy) is 1. The van der Waals surface area contributed by atoms with Gasteiger partial charge in [-0.15, -0.1) is 0 Å². The fraction of sp³-hybridized carbons (Fsp3) is 0.467. The molecule has 1 aliphatic carbocycles. The first-order valence-electron chi connectivity index (χ1n) is 6.49. The number of carbonyl (C=O) groups is 1. The first-order chi connectivity index (χ1) is 8.77. The van der Waals surface area contributed by atoms with Crippen molar-refractivity contribution >= 4 is 5.78 Å². The first kappa shape index (κ1) is 11.3. The van der Waals surface area contributed by atoms with Crippen molar-refractivity contribution in [1.82, 2.24) is 0 Å². The molecular weight excluding hydrogens is 226 g/mol. The molecule has 1 fully saturated rings. The molecule has 1 spiro atoms. The van der Waals surface area contributed by atoms with E-state index in [1.54, 1.807) is 6.07 Å². The highest BCUT2D eigenvalue weighted by Gasteiger charge is 2.50. The smallest absolute Gasteiger partial charge is 0.187 e. The number of nitriles is 1. The molecule has 3 nitrogen and oxygen atoms in total. The Bertz CT molecular complexity index is 524. The maximum Gasteiger partial charge on any atom is 0.187 e. The zero-order valence-corrected chi connectivity index (χ0v) is 10.2. The minimum absolute atomic E-state index is 0.0683. The van der Waals surface area contributed by atoms with Crippen molar-refractivity contribution in [2.75, 3.05) is 0 Å². The average Bonchev–Trinajstić information content (AvgIpc) is 2.40. The van der Waals surface area contributed by atoms with Gasteiger partial charge in [0.1, 0.15) is 17.3 Å². The second-order valence-corrected chi connectivity index (χ2v) is 5.15. The Morgan fingerprint density at radius 2 is 1.94 bits per heavy atom. The molecule has 3 rings (SSSR count). The lowest BCUT2D eigenvalue weighted by molar-refractivity contribution is -0.00944. The molecule has 1 saturated carbocycles. The van der Waals surface area contributed by atoms with Crippen molar-refractivity contribution < 1.29 is 9.53 Å². The van der Waals surface area contributed by atoms with Gasteiger partial charge in [-0.1, -0.05) is 18.6 Å². The molecule has 1 aromatic carbocycles. The number of Topliss-reactive ketones (excluding diaryl/α,β-unsaturated/α-hetero) is 1. The van der Waals surface area contributed by atoms with Crippen LogP contribution in [0.1, 0.15) is 42.5 Å². The lowest BCUT2D eigenvalue weighted by atomic mass is 9.71. The van der Waals surface area contributed by atoms with Gasteiger partial charge in [0.25, 0.3) is 0 Å². The van der Waals surface area contributed by atoms with E-state index in [9.17, 15) is 10.1 Å². The number of nitrogens with zero attached hydrogens (tertiary/aromatic N) is 1. The molecule has 18 heavy (non-hydrogen) atoms. The third-order valence-electron chi connectivity index (χ3n) is 4.08. The van der Waals surface area contributed by atoms with Crippen molar-refractivity contribution in [3.8, 4) is 11.8 Å². The number of rotatable bonds is 0. The van der Waals surface area contributed by atoms with E-state index in [0.717, 1.165) is 25.7 Å². The van der Waals surface area contributed by atoms with Gasteiger partial charge in [-0.3, -0.25) is 4.79 Å². The van der Waals surface area contributed by atoms with Crippen molar-refractivity contribution in [3.05, 3.63) is 29.8 Å². The molecule has 92 valence electrons. The maximum absolute atomic E-state index is 12.4. The van der Waals surface area contributed by atoms with Gasteiger partial charge in [0.2, 0.25) is 0 Å². The second-order valence-electron chi connectivity index (χ2n) is 5.15. The Morgan fingerprint density at radius 3 is 2.67 bits per heavy atom. The normalized spacial score (nSPS) is 25.1. The van der Waals surface area contributed by atoms with Crippen LogP contribution in [0.25, 0.3) is 0 Å². The zero-order chi connectivity index (χ0) is 12.6. The van der Waals surface area contributed by atoms with Crippen LogP contribution in [0.2, 0.25) is 0 Å². The number of para-hydroxylation sites is 1. The standard InChI is InChI=1S/C15H15NO2/c16-10-12-14(17)11-6-2-3-7-13(11)18-15(12)8-4-1-5-9-15/h2-3,6-7,12H,1,4-5,8-9H2. The summed E-state index contributed by atoms with van der Waals surface area (Å²) >= 11 is 0. The van der Waals surface area contributed by atoms with Gasteiger partial charge in [0, 0.05) is 0 Å². The fourth-order valence-corrected chi connectivity index (χ4v) is 3.15. The van der Waals surface area contributed by atoms with Crippen LogP contribution in [-0.2, 0) is 0 Å². The molecular formula is C15H15NO2. The van der Waals surface area contributed by atoms with E-state index in [1.807, 2.05) is 18.2 Å². The SMILES string of the molecule is N#CC1C(=O)c2ccccc2OC12CCCCC2. The van der Waals surface area contributed by atoms with Crippen LogP contribution in [0.15, 0.2) is 24.3 Å². The van der Waals surface area contributed by atoms with Gasteiger partial charge in [-0.25, -0.2) is 0 Å².